The van der Waals surface area contributed by atoms with E-state index in [1.165, 1.54) is 6.92 Å². The molecule has 1 N–H and O–H groups in total. The molecular weight excluding hydrogens is 310 g/mol. The molecule has 0 unspecified atom stereocenters. The first kappa shape index (κ1) is 16.5. The average Bonchev–Trinajstić information content (AvgIpc) is 3.10. The molecule has 24 heavy (non-hydrogen) atoms. The molecule has 3 heterocycles. The first-order valence-electron chi connectivity index (χ1n) is 8.33. The second kappa shape index (κ2) is 7.02. The van der Waals surface area contributed by atoms with E-state index in [0.717, 1.165) is 25.3 Å². The summed E-state index contributed by atoms with van der Waals surface area (Å²) in [5.74, 6) is 0.838. The number of imidazole rings is 1. The molecule has 2 aliphatic rings. The van der Waals surface area contributed by atoms with Gasteiger partial charge in [-0.3, -0.25) is 14.4 Å². The van der Waals surface area contributed by atoms with E-state index in [1.54, 1.807) is 11.1 Å². The maximum atomic E-state index is 12.4. The number of hydrogen-bond donors (Lipinski definition) is 1. The number of hydrogen-bond acceptors (Lipinski definition) is 4. The highest BCUT2D eigenvalue weighted by atomic mass is 16.2. The van der Waals surface area contributed by atoms with Gasteiger partial charge in [0.1, 0.15) is 5.82 Å². The summed E-state index contributed by atoms with van der Waals surface area (Å²) >= 11 is 0. The molecule has 3 rings (SSSR count). The number of amides is 3. The predicted molar refractivity (Wildman–Crippen MR) is 85.6 cm³/mol. The number of aromatic nitrogens is 2. The third-order valence-corrected chi connectivity index (χ3v) is 4.56. The summed E-state index contributed by atoms with van der Waals surface area (Å²) in [6.45, 7) is 4.56. The van der Waals surface area contributed by atoms with E-state index >= 15 is 0 Å². The zero-order chi connectivity index (χ0) is 17.1. The number of nitrogens with zero attached hydrogens (tertiary/aromatic N) is 4. The lowest BCUT2D eigenvalue weighted by atomic mass is 10.1. The highest BCUT2D eigenvalue weighted by molar-refractivity contribution is 5.83. The number of carbonyl (C=O) groups excluding carboxylic acids is 3. The van der Waals surface area contributed by atoms with Gasteiger partial charge in [-0.05, 0) is 6.42 Å². The van der Waals surface area contributed by atoms with E-state index in [9.17, 15) is 14.4 Å². The van der Waals surface area contributed by atoms with Crippen molar-refractivity contribution in [2.45, 2.75) is 32.9 Å². The van der Waals surface area contributed by atoms with E-state index in [1.807, 2.05) is 11.1 Å². The molecule has 0 spiro atoms. The van der Waals surface area contributed by atoms with E-state index < -0.39 is 0 Å². The van der Waals surface area contributed by atoms with Crippen molar-refractivity contribution < 1.29 is 14.4 Å². The van der Waals surface area contributed by atoms with E-state index in [4.69, 9.17) is 0 Å². The molecule has 0 aliphatic carbocycles. The average molecular weight is 333 g/mol. The Kier molecular flexibility index (Phi) is 4.82. The molecule has 1 saturated heterocycles. The molecule has 1 aromatic rings. The van der Waals surface area contributed by atoms with Gasteiger partial charge in [0.15, 0.2) is 0 Å². The monoisotopic (exact) mass is 333 g/mol. The normalized spacial score (nSPS) is 20.7. The molecule has 8 heteroatoms. The SMILES string of the molecule is CC(=O)NCC(=O)N1Cc2nccn2C[C@H](CN2CCCC2=O)C1. The zero-order valence-corrected chi connectivity index (χ0v) is 13.9. The number of fused-ring (bicyclic) bond motifs is 1. The Balaban J connectivity index is 1.71. The number of carbonyl (C=O) groups is 3. The standard InChI is InChI=1S/C16H23N5O3/c1-12(22)18-7-16(24)21-10-13(9-20-5-2-3-15(20)23)8-19-6-4-17-14(19)11-21/h4,6,13H,2-3,5,7-11H2,1H3,(H,18,22)/t13-/m1/s1. The molecule has 0 bridgehead atoms. The number of likely N-dealkylation sites (tertiary alicyclic amines) is 1. The van der Waals surface area contributed by atoms with Crippen molar-refractivity contribution in [1.82, 2.24) is 24.7 Å². The Labute approximate surface area is 140 Å². The van der Waals surface area contributed by atoms with Crippen LogP contribution in [-0.4, -0.2) is 63.3 Å². The molecule has 0 saturated carbocycles. The Morgan fingerprint density at radius 1 is 1.38 bits per heavy atom. The Hall–Kier alpha value is -2.38. The highest BCUT2D eigenvalue weighted by Crippen LogP contribution is 2.19. The zero-order valence-electron chi connectivity index (χ0n) is 13.9. The van der Waals surface area contributed by atoms with Gasteiger partial charge < -0.3 is 19.7 Å². The van der Waals surface area contributed by atoms with Gasteiger partial charge in [0.25, 0.3) is 0 Å². The first-order valence-corrected chi connectivity index (χ1v) is 8.33. The lowest BCUT2D eigenvalue weighted by Gasteiger charge is -2.27. The molecule has 3 amide bonds. The second-order valence-corrected chi connectivity index (χ2v) is 6.49. The summed E-state index contributed by atoms with van der Waals surface area (Å²) in [4.78, 5) is 43.3. The van der Waals surface area contributed by atoms with Crippen LogP contribution in [0.25, 0.3) is 0 Å². The molecule has 8 nitrogen and oxygen atoms in total. The summed E-state index contributed by atoms with van der Waals surface area (Å²) in [5, 5.41) is 2.55. The van der Waals surface area contributed by atoms with Crippen LogP contribution in [0, 0.1) is 5.92 Å². The van der Waals surface area contributed by atoms with E-state index in [2.05, 4.69) is 14.9 Å². The van der Waals surface area contributed by atoms with Crippen LogP contribution < -0.4 is 5.32 Å². The molecule has 1 atom stereocenters. The molecule has 1 aromatic heterocycles. The van der Waals surface area contributed by atoms with Gasteiger partial charge in [-0.1, -0.05) is 0 Å². The van der Waals surface area contributed by atoms with E-state index in [-0.39, 0.29) is 30.2 Å². The summed E-state index contributed by atoms with van der Waals surface area (Å²) in [7, 11) is 0. The Morgan fingerprint density at radius 2 is 2.21 bits per heavy atom. The van der Waals surface area contributed by atoms with Crippen molar-refractivity contribution in [1.29, 1.82) is 0 Å². The summed E-state index contributed by atoms with van der Waals surface area (Å²) in [6, 6.07) is 0. The largest absolute Gasteiger partial charge is 0.347 e. The third-order valence-electron chi connectivity index (χ3n) is 4.56. The fraction of sp³-hybridized carbons (Fsp3) is 0.625. The minimum absolute atomic E-state index is 0.00853. The quantitative estimate of drug-likeness (QED) is 0.812. The minimum Gasteiger partial charge on any atom is -0.347 e. The maximum Gasteiger partial charge on any atom is 0.242 e. The van der Waals surface area contributed by atoms with Crippen LogP contribution in [0.4, 0.5) is 0 Å². The summed E-state index contributed by atoms with van der Waals surface area (Å²) in [6.07, 6.45) is 5.17. The van der Waals surface area contributed by atoms with Crippen molar-refractivity contribution in [2.24, 2.45) is 5.92 Å². The minimum atomic E-state index is -0.223. The highest BCUT2D eigenvalue weighted by Gasteiger charge is 2.29. The molecule has 130 valence electrons. The lowest BCUT2D eigenvalue weighted by molar-refractivity contribution is -0.133. The Morgan fingerprint density at radius 3 is 2.92 bits per heavy atom. The molecule has 1 fully saturated rings. The smallest absolute Gasteiger partial charge is 0.242 e. The number of rotatable bonds is 4. The maximum absolute atomic E-state index is 12.4. The van der Waals surface area contributed by atoms with Crippen LogP contribution >= 0.6 is 0 Å². The lowest BCUT2D eigenvalue weighted by Crippen LogP contribution is -2.43. The van der Waals surface area contributed by atoms with Crippen molar-refractivity contribution in [3.63, 3.8) is 0 Å². The van der Waals surface area contributed by atoms with Crippen molar-refractivity contribution in [3.05, 3.63) is 18.2 Å². The van der Waals surface area contributed by atoms with Crippen LogP contribution in [0.3, 0.4) is 0 Å². The summed E-state index contributed by atoms with van der Waals surface area (Å²) in [5.41, 5.74) is 0. The fourth-order valence-corrected chi connectivity index (χ4v) is 3.37. The second-order valence-electron chi connectivity index (χ2n) is 6.49. The van der Waals surface area contributed by atoms with Crippen LogP contribution in [-0.2, 0) is 27.5 Å². The van der Waals surface area contributed by atoms with Crippen molar-refractivity contribution >= 4 is 17.7 Å². The van der Waals surface area contributed by atoms with Crippen molar-refractivity contribution in [3.8, 4) is 0 Å². The van der Waals surface area contributed by atoms with Crippen LogP contribution in [0.15, 0.2) is 12.4 Å². The van der Waals surface area contributed by atoms with Crippen molar-refractivity contribution in [2.75, 3.05) is 26.2 Å². The fourth-order valence-electron chi connectivity index (χ4n) is 3.37. The topological polar surface area (TPSA) is 87.5 Å². The van der Waals surface area contributed by atoms with Gasteiger partial charge in [0.05, 0.1) is 13.1 Å². The molecular formula is C16H23N5O3. The van der Waals surface area contributed by atoms with Gasteiger partial charge in [-0.15, -0.1) is 0 Å². The third kappa shape index (κ3) is 3.74. The molecule has 0 aromatic carbocycles. The first-order chi connectivity index (χ1) is 11.5. The van der Waals surface area contributed by atoms with Gasteiger partial charge in [-0.2, -0.15) is 0 Å². The number of nitrogens with one attached hydrogen (secondary N) is 1. The van der Waals surface area contributed by atoms with Crippen LogP contribution in [0.2, 0.25) is 0 Å². The van der Waals surface area contributed by atoms with Gasteiger partial charge >= 0.3 is 0 Å². The molecule has 0 radical (unpaired) electrons. The van der Waals surface area contributed by atoms with Gasteiger partial charge in [-0.25, -0.2) is 4.98 Å². The van der Waals surface area contributed by atoms with Crippen LogP contribution in [0.5, 0.6) is 0 Å². The van der Waals surface area contributed by atoms with Crippen LogP contribution in [0.1, 0.15) is 25.6 Å². The van der Waals surface area contributed by atoms with Gasteiger partial charge in [0, 0.05) is 57.8 Å². The predicted octanol–water partition coefficient (Wildman–Crippen LogP) is -0.400. The Bertz CT molecular complexity index is 641. The van der Waals surface area contributed by atoms with E-state index in [0.29, 0.717) is 26.1 Å². The molecule has 2 aliphatic heterocycles. The van der Waals surface area contributed by atoms with Gasteiger partial charge in [0.2, 0.25) is 17.7 Å². The summed E-state index contributed by atoms with van der Waals surface area (Å²) < 4.78 is 2.05.